The molecule has 0 radical (unpaired) electrons. The number of rotatable bonds is 5. The van der Waals surface area contributed by atoms with E-state index in [0.717, 1.165) is 37.3 Å². The lowest BCUT2D eigenvalue weighted by Gasteiger charge is -2.35. The summed E-state index contributed by atoms with van der Waals surface area (Å²) in [6.07, 6.45) is 5.19. The molecule has 4 heterocycles. The summed E-state index contributed by atoms with van der Waals surface area (Å²) >= 11 is 0. The lowest BCUT2D eigenvalue weighted by atomic mass is 9.85. The van der Waals surface area contributed by atoms with E-state index in [1.165, 1.54) is 12.1 Å². The number of nitrogens with one attached hydrogen (secondary N) is 1. The minimum absolute atomic E-state index is 0.141. The normalized spacial score (nSPS) is 20.3. The Morgan fingerprint density at radius 1 is 1.09 bits per heavy atom. The number of imidazole rings is 1. The Hall–Kier alpha value is -4.19. The van der Waals surface area contributed by atoms with Crippen molar-refractivity contribution in [1.29, 1.82) is 0 Å². The summed E-state index contributed by atoms with van der Waals surface area (Å²) in [4.78, 5) is 27.2. The second-order valence-electron chi connectivity index (χ2n) is 11.0. The molecular weight excluding hydrogens is 573 g/mol. The Morgan fingerprint density at radius 2 is 1.77 bits per heavy atom. The number of nitrogens with zero attached hydrogens (tertiary/aromatic N) is 5. The number of fused-ring (bicyclic) bond motifs is 5. The summed E-state index contributed by atoms with van der Waals surface area (Å²) in [5.41, 5.74) is 3.38. The maximum Gasteiger partial charge on any atom is 0.387 e. The van der Waals surface area contributed by atoms with Crippen LogP contribution < -0.4 is 15.0 Å². The summed E-state index contributed by atoms with van der Waals surface area (Å²) in [5, 5.41) is 12.8. The predicted molar refractivity (Wildman–Crippen MR) is 161 cm³/mol. The number of hydrogen-bond acceptors (Lipinski definition) is 7. The van der Waals surface area contributed by atoms with Gasteiger partial charge in [-0.1, -0.05) is 32.0 Å². The van der Waals surface area contributed by atoms with Crippen molar-refractivity contribution >= 4 is 23.0 Å². The third-order valence-corrected chi connectivity index (χ3v) is 8.37. The molecule has 2 unspecified atom stereocenters. The molecule has 3 aliphatic rings. The first-order valence-corrected chi connectivity index (χ1v) is 15.0. The molecule has 2 N–H and O–H groups in total. The van der Waals surface area contributed by atoms with E-state index in [-0.39, 0.29) is 29.3 Å². The van der Waals surface area contributed by atoms with Gasteiger partial charge in [0.05, 0.1) is 23.5 Å². The number of alkyl halides is 2. The van der Waals surface area contributed by atoms with Gasteiger partial charge in [0.1, 0.15) is 17.4 Å². The number of aliphatic carboxylic acids is 1. The second-order valence-corrected chi connectivity index (χ2v) is 11.0. The highest BCUT2D eigenvalue weighted by Crippen LogP contribution is 2.42. The number of carbonyl (C=O) groups is 1. The summed E-state index contributed by atoms with van der Waals surface area (Å²) < 4.78 is 44.6. The topological polar surface area (TPSA) is 105 Å². The van der Waals surface area contributed by atoms with Crippen LogP contribution in [0, 0.1) is 30.5 Å². The van der Waals surface area contributed by atoms with Crippen molar-refractivity contribution in [3.63, 3.8) is 0 Å². The van der Waals surface area contributed by atoms with E-state index in [1.54, 1.807) is 37.5 Å². The van der Waals surface area contributed by atoms with Crippen molar-refractivity contribution in [1.82, 2.24) is 24.8 Å². The molecule has 2 atom stereocenters. The number of benzene rings is 2. The van der Waals surface area contributed by atoms with Crippen LogP contribution in [0.1, 0.15) is 38.1 Å². The molecule has 4 aromatic rings. The molecule has 2 aromatic carbocycles. The average molecular weight is 611 g/mol. The lowest BCUT2D eigenvalue weighted by molar-refractivity contribution is -0.144. The van der Waals surface area contributed by atoms with Crippen LogP contribution >= 0.6 is 0 Å². The predicted octanol–water partition coefficient (Wildman–Crippen LogP) is 5.91. The number of carboxylic acid groups (broad SMARTS) is 1. The molecule has 1 aliphatic carbocycles. The Morgan fingerprint density at radius 3 is 2.41 bits per heavy atom. The van der Waals surface area contributed by atoms with Crippen molar-refractivity contribution in [2.75, 3.05) is 24.5 Å². The summed E-state index contributed by atoms with van der Waals surface area (Å²) in [6.45, 7) is 6.65. The van der Waals surface area contributed by atoms with Crippen LogP contribution in [0.15, 0.2) is 48.8 Å². The third kappa shape index (κ3) is 6.50. The van der Waals surface area contributed by atoms with Gasteiger partial charge in [0.15, 0.2) is 0 Å². The van der Waals surface area contributed by atoms with Gasteiger partial charge in [-0.2, -0.15) is 8.78 Å². The van der Waals surface area contributed by atoms with Crippen LogP contribution in [0.25, 0.3) is 22.2 Å². The Balaban J connectivity index is 0.000000250. The van der Waals surface area contributed by atoms with E-state index in [0.29, 0.717) is 47.8 Å². The van der Waals surface area contributed by atoms with Crippen LogP contribution in [0.5, 0.6) is 5.75 Å². The molecule has 1 saturated heterocycles. The minimum Gasteiger partial charge on any atom is -0.481 e. The molecule has 0 amide bonds. The highest BCUT2D eigenvalue weighted by atomic mass is 19.3. The molecule has 7 rings (SSSR count). The zero-order chi connectivity index (χ0) is 31.4. The van der Waals surface area contributed by atoms with E-state index < -0.39 is 12.6 Å². The average Bonchev–Trinajstić information content (AvgIpc) is 3.52. The molecule has 0 spiro atoms. The SMILES string of the molecule is CC.Cc1ccccc1OC(F)F.O=C(O)C1C2CCC1CN(c1ncc(-c3cc4c(cc3F)nc3n4CCNC3)cn1)C2. The van der Waals surface area contributed by atoms with E-state index in [2.05, 4.69) is 34.5 Å². The second kappa shape index (κ2) is 13.6. The molecule has 2 fully saturated rings. The fourth-order valence-corrected chi connectivity index (χ4v) is 6.39. The molecule has 234 valence electrons. The minimum atomic E-state index is -2.74. The largest absolute Gasteiger partial charge is 0.481 e. The van der Waals surface area contributed by atoms with Crippen molar-refractivity contribution in [2.45, 2.75) is 53.3 Å². The van der Waals surface area contributed by atoms with Crippen LogP contribution in [0.2, 0.25) is 0 Å². The van der Waals surface area contributed by atoms with Gasteiger partial charge in [0, 0.05) is 55.8 Å². The molecule has 44 heavy (non-hydrogen) atoms. The molecule has 2 bridgehead atoms. The fourth-order valence-electron chi connectivity index (χ4n) is 6.39. The van der Waals surface area contributed by atoms with Gasteiger partial charge in [-0.25, -0.2) is 19.3 Å². The summed E-state index contributed by atoms with van der Waals surface area (Å²) in [6, 6.07) is 9.99. The summed E-state index contributed by atoms with van der Waals surface area (Å²) in [5.74, 6) is 0.738. The van der Waals surface area contributed by atoms with Crippen molar-refractivity contribution in [3.8, 4) is 16.9 Å². The van der Waals surface area contributed by atoms with E-state index in [1.807, 2.05) is 19.9 Å². The van der Waals surface area contributed by atoms with Gasteiger partial charge in [-0.05, 0) is 49.3 Å². The quantitative estimate of drug-likeness (QED) is 0.288. The summed E-state index contributed by atoms with van der Waals surface area (Å²) in [7, 11) is 0. The van der Waals surface area contributed by atoms with E-state index >= 15 is 0 Å². The van der Waals surface area contributed by atoms with Gasteiger partial charge in [-0.15, -0.1) is 0 Å². The van der Waals surface area contributed by atoms with E-state index in [4.69, 9.17) is 0 Å². The zero-order valence-electron chi connectivity index (χ0n) is 25.0. The van der Waals surface area contributed by atoms with Crippen molar-refractivity contribution in [3.05, 3.63) is 66.0 Å². The Labute approximate surface area is 254 Å². The molecule has 9 nitrogen and oxygen atoms in total. The first-order chi connectivity index (χ1) is 21.3. The number of piperidine rings is 1. The Kier molecular flexibility index (Phi) is 9.68. The highest BCUT2D eigenvalue weighted by molar-refractivity contribution is 5.83. The van der Waals surface area contributed by atoms with Crippen LogP contribution in [-0.4, -0.2) is 56.8 Å². The van der Waals surface area contributed by atoms with Crippen LogP contribution in [-0.2, 0) is 17.9 Å². The van der Waals surface area contributed by atoms with E-state index in [9.17, 15) is 23.1 Å². The standard InChI is InChI=1S/C22H23FN6O2.C8H8F2O.C2H6/c23-16-6-17-18(29-4-3-24-9-19(29)27-17)5-15(16)14-7-25-22(26-8-14)28-10-12-1-2-13(11-28)20(12)21(30)31;1-6-4-2-3-5-7(6)11-8(9)10;1-2/h5-8,12-13,20,24H,1-4,9-11H2,(H,30,31);2-5,8H,1H3;1-2H3. The van der Waals surface area contributed by atoms with Gasteiger partial charge in [0.2, 0.25) is 5.95 Å². The zero-order valence-corrected chi connectivity index (χ0v) is 25.0. The number of aromatic nitrogens is 4. The molecule has 2 aliphatic heterocycles. The third-order valence-electron chi connectivity index (χ3n) is 8.37. The number of halogens is 3. The number of para-hydroxylation sites is 1. The first kappa shape index (κ1) is 31.2. The number of ether oxygens (including phenoxy) is 1. The number of carboxylic acids is 1. The van der Waals surface area contributed by atoms with Gasteiger partial charge < -0.3 is 24.6 Å². The lowest BCUT2D eigenvalue weighted by Crippen LogP contribution is -2.45. The smallest absolute Gasteiger partial charge is 0.387 e. The van der Waals surface area contributed by atoms with Gasteiger partial charge in [0.25, 0.3) is 0 Å². The van der Waals surface area contributed by atoms with Gasteiger partial charge in [-0.3, -0.25) is 4.79 Å². The maximum absolute atomic E-state index is 14.9. The maximum atomic E-state index is 14.9. The number of aryl methyl sites for hydroxylation is 1. The Bertz CT molecular complexity index is 1580. The molecule has 2 aromatic heterocycles. The molecule has 1 saturated carbocycles. The highest BCUT2D eigenvalue weighted by Gasteiger charge is 2.46. The monoisotopic (exact) mass is 610 g/mol. The fraction of sp³-hybridized carbons (Fsp3) is 0.438. The van der Waals surface area contributed by atoms with Crippen molar-refractivity contribution in [2.24, 2.45) is 17.8 Å². The van der Waals surface area contributed by atoms with Gasteiger partial charge >= 0.3 is 12.6 Å². The van der Waals surface area contributed by atoms with Crippen LogP contribution in [0.4, 0.5) is 19.1 Å². The van der Waals surface area contributed by atoms with Crippen molar-refractivity contribution < 1.29 is 27.8 Å². The molecular formula is C32H37F3N6O3. The number of anilines is 1. The first-order valence-electron chi connectivity index (χ1n) is 15.0. The van der Waals surface area contributed by atoms with Crippen LogP contribution in [0.3, 0.4) is 0 Å². The number of hydrogen-bond donors (Lipinski definition) is 2. The molecule has 12 heteroatoms.